The molecule has 2 atom stereocenters. The smallest absolute Gasteiger partial charge is 0.420 e. The molecule has 48 heavy (non-hydrogen) atoms. The first-order valence-corrected chi connectivity index (χ1v) is 15.2. The first kappa shape index (κ1) is 39.4. The van der Waals surface area contributed by atoms with E-state index in [0.29, 0.717) is 16.0 Å². The number of methoxy groups -OCH3 is 2. The maximum Gasteiger partial charge on any atom is 0.420 e. The van der Waals surface area contributed by atoms with Crippen molar-refractivity contribution in [1.29, 1.82) is 0 Å². The Morgan fingerprint density at radius 3 is 1.60 bits per heavy atom. The molecule has 0 unspecified atom stereocenters. The summed E-state index contributed by atoms with van der Waals surface area (Å²) in [5, 5.41) is 4.66. The molecule has 0 spiro atoms. The van der Waals surface area contributed by atoms with Gasteiger partial charge in [-0.2, -0.15) is 4.90 Å². The first-order chi connectivity index (χ1) is 22.3. The van der Waals surface area contributed by atoms with E-state index in [1.54, 1.807) is 60.7 Å². The van der Waals surface area contributed by atoms with Gasteiger partial charge in [0.25, 0.3) is 5.92 Å². The third-order valence-electron chi connectivity index (χ3n) is 6.66. The van der Waals surface area contributed by atoms with Gasteiger partial charge >= 0.3 is 24.2 Å². The van der Waals surface area contributed by atoms with E-state index in [4.69, 9.17) is 18.9 Å². The van der Waals surface area contributed by atoms with Gasteiger partial charge in [-0.1, -0.05) is 60.7 Å². The number of carbonyl (C=O) groups is 5. The zero-order chi connectivity index (χ0) is 36.3. The van der Waals surface area contributed by atoms with Gasteiger partial charge in [0.2, 0.25) is 5.91 Å². The number of carbonyl (C=O) groups excluding carboxylic acids is 5. The molecule has 0 aliphatic heterocycles. The average molecular weight is 678 g/mol. The van der Waals surface area contributed by atoms with Crippen LogP contribution in [0.25, 0.3) is 0 Å². The molecule has 0 fully saturated rings. The molecule has 12 nitrogen and oxygen atoms in total. The minimum atomic E-state index is -3.67. The highest BCUT2D eigenvalue weighted by molar-refractivity contribution is 5.94. The van der Waals surface area contributed by atoms with Crippen LogP contribution in [-0.4, -0.2) is 85.0 Å². The number of rotatable bonds is 12. The lowest BCUT2D eigenvalue weighted by Gasteiger charge is -2.33. The van der Waals surface area contributed by atoms with Crippen LogP contribution in [-0.2, 0) is 28.5 Å². The number of amides is 4. The lowest BCUT2D eigenvalue weighted by Crippen LogP contribution is -2.53. The summed E-state index contributed by atoms with van der Waals surface area (Å²) in [4.78, 5) is 65.2. The Balaban J connectivity index is 2.35. The van der Waals surface area contributed by atoms with Crippen molar-refractivity contribution in [3.05, 3.63) is 71.8 Å². The number of halogens is 2. The highest BCUT2D eigenvalue weighted by atomic mass is 19.3. The van der Waals surface area contributed by atoms with Gasteiger partial charge in [0.05, 0.1) is 20.8 Å². The van der Waals surface area contributed by atoms with E-state index in [1.165, 1.54) is 41.5 Å². The molecule has 264 valence electrons. The number of esters is 1. The minimum Gasteiger partial charge on any atom is -0.467 e. The van der Waals surface area contributed by atoms with Gasteiger partial charge in [0, 0.05) is 12.3 Å². The van der Waals surface area contributed by atoms with Crippen LogP contribution in [0, 0.1) is 0 Å². The Bertz CT molecular complexity index is 1330. The summed E-state index contributed by atoms with van der Waals surface area (Å²) in [5.74, 6) is -6.56. The summed E-state index contributed by atoms with van der Waals surface area (Å²) in [6, 6.07) is 14.2. The zero-order valence-electron chi connectivity index (χ0n) is 28.5. The van der Waals surface area contributed by atoms with Crippen molar-refractivity contribution in [3.8, 4) is 0 Å². The third kappa shape index (κ3) is 12.5. The molecule has 0 aliphatic carbocycles. The molecule has 0 aliphatic rings. The van der Waals surface area contributed by atoms with Crippen molar-refractivity contribution in [2.45, 2.75) is 89.5 Å². The Kier molecular flexibility index (Phi) is 13.9. The molecule has 14 heteroatoms. The number of ether oxygens (including phenoxy) is 4. The monoisotopic (exact) mass is 677 g/mol. The van der Waals surface area contributed by atoms with Crippen LogP contribution in [0.1, 0.15) is 71.4 Å². The first-order valence-electron chi connectivity index (χ1n) is 15.2. The Hall–Kier alpha value is -4.75. The van der Waals surface area contributed by atoms with Crippen LogP contribution >= 0.6 is 0 Å². The largest absolute Gasteiger partial charge is 0.467 e. The summed E-state index contributed by atoms with van der Waals surface area (Å²) < 4.78 is 50.9. The maximum absolute atomic E-state index is 15.4. The van der Waals surface area contributed by atoms with E-state index in [2.05, 4.69) is 10.6 Å². The number of nitrogens with one attached hydrogen (secondary N) is 2. The van der Waals surface area contributed by atoms with Gasteiger partial charge in [-0.15, -0.1) is 0 Å². The molecule has 2 N–H and O–H groups in total. The Morgan fingerprint density at radius 1 is 0.750 bits per heavy atom. The van der Waals surface area contributed by atoms with E-state index >= 15 is 8.78 Å². The molecule has 2 aromatic rings. The van der Waals surface area contributed by atoms with E-state index < -0.39 is 84.7 Å². The topological polar surface area (TPSA) is 150 Å². The van der Waals surface area contributed by atoms with Crippen molar-refractivity contribution < 1.29 is 51.7 Å². The molecule has 0 saturated heterocycles. The highest BCUT2D eigenvalue weighted by Gasteiger charge is 2.43. The van der Waals surface area contributed by atoms with Crippen molar-refractivity contribution in [2.24, 2.45) is 0 Å². The van der Waals surface area contributed by atoms with Crippen LogP contribution in [0.2, 0.25) is 0 Å². The minimum absolute atomic E-state index is 0.317. The number of alkyl carbamates (subject to hydrolysis) is 1. The second kappa shape index (κ2) is 16.9. The highest BCUT2D eigenvalue weighted by Crippen LogP contribution is 2.30. The predicted octanol–water partition coefficient (Wildman–Crippen LogP) is 5.79. The number of nitrogens with zero attached hydrogens (tertiary/aromatic N) is 1. The second-order valence-electron chi connectivity index (χ2n) is 12.9. The summed E-state index contributed by atoms with van der Waals surface area (Å²) in [5.41, 5.74) is -0.980. The zero-order valence-corrected chi connectivity index (χ0v) is 28.5. The van der Waals surface area contributed by atoms with Crippen LogP contribution in [0.15, 0.2) is 60.7 Å². The number of imide groups is 1. The van der Waals surface area contributed by atoms with Crippen LogP contribution in [0.5, 0.6) is 0 Å². The number of hydrogen-bond acceptors (Lipinski definition) is 9. The van der Waals surface area contributed by atoms with Gasteiger partial charge in [-0.3, -0.25) is 4.79 Å². The van der Waals surface area contributed by atoms with Gasteiger partial charge in [0.15, 0.2) is 0 Å². The fourth-order valence-corrected chi connectivity index (χ4v) is 4.59. The van der Waals surface area contributed by atoms with Crippen LogP contribution in [0.4, 0.5) is 23.2 Å². The number of alkyl halides is 2. The SMILES string of the molecule is COC(=O)N[C@H](C(=O)NCC(F)(F)CC[C@@H](C(=O)OC)N(C(=O)OC(C)(C)C)C(=O)OC(C)(C)C)C(c1ccccc1)c1ccccc1. The molecule has 4 amide bonds. The normalized spacial score (nSPS) is 13.1. The van der Waals surface area contributed by atoms with Crippen molar-refractivity contribution in [1.82, 2.24) is 15.5 Å². The number of hydrogen-bond donors (Lipinski definition) is 2. The lowest BCUT2D eigenvalue weighted by atomic mass is 9.84. The molecule has 0 radical (unpaired) electrons. The Labute approximate surface area is 279 Å². The predicted molar refractivity (Wildman–Crippen MR) is 171 cm³/mol. The van der Waals surface area contributed by atoms with Gasteiger partial charge < -0.3 is 29.6 Å². The van der Waals surface area contributed by atoms with Crippen molar-refractivity contribution >= 4 is 30.2 Å². The van der Waals surface area contributed by atoms with Crippen molar-refractivity contribution in [2.75, 3.05) is 20.8 Å². The molecular formula is C34H45F2N3O9. The molecule has 2 rings (SSSR count). The average Bonchev–Trinajstić information content (AvgIpc) is 3.00. The quantitative estimate of drug-likeness (QED) is 0.210. The lowest BCUT2D eigenvalue weighted by molar-refractivity contribution is -0.147. The molecule has 2 aromatic carbocycles. The summed E-state index contributed by atoms with van der Waals surface area (Å²) in [7, 11) is 2.08. The summed E-state index contributed by atoms with van der Waals surface area (Å²) >= 11 is 0. The third-order valence-corrected chi connectivity index (χ3v) is 6.66. The molecular weight excluding hydrogens is 632 g/mol. The van der Waals surface area contributed by atoms with Gasteiger partial charge in [-0.25, -0.2) is 28.0 Å². The van der Waals surface area contributed by atoms with Crippen LogP contribution < -0.4 is 10.6 Å². The molecule has 0 aromatic heterocycles. The van der Waals surface area contributed by atoms with E-state index in [9.17, 15) is 24.0 Å². The van der Waals surface area contributed by atoms with E-state index in [-0.39, 0.29) is 0 Å². The summed E-state index contributed by atoms with van der Waals surface area (Å²) in [6.45, 7) is 7.90. The van der Waals surface area contributed by atoms with Crippen LogP contribution in [0.3, 0.4) is 0 Å². The molecule has 0 bridgehead atoms. The Morgan fingerprint density at radius 2 is 1.21 bits per heavy atom. The fraction of sp³-hybridized carbons (Fsp3) is 0.500. The standard InChI is InChI=1S/C34H45F2N3O9/c1-32(2,3)47-30(43)39(31(44)48-33(4,5)6)24(28(41)45-7)19-20-34(35,36)21-37-27(40)26(38-29(42)46-8)25(22-15-11-9-12-16-22)23-17-13-10-14-18-23/h9-18,24-26H,19-21H2,1-8H3,(H,37,40)(H,38,42)/t24-,26-/m0/s1. The van der Waals surface area contributed by atoms with Gasteiger partial charge in [0.1, 0.15) is 23.3 Å². The fourth-order valence-electron chi connectivity index (χ4n) is 4.59. The molecule has 0 heterocycles. The summed E-state index contributed by atoms with van der Waals surface area (Å²) in [6.07, 6.45) is -5.40. The van der Waals surface area contributed by atoms with E-state index in [0.717, 1.165) is 14.2 Å². The number of benzene rings is 2. The van der Waals surface area contributed by atoms with Gasteiger partial charge in [-0.05, 0) is 59.1 Å². The second-order valence-corrected chi connectivity index (χ2v) is 12.9. The van der Waals surface area contributed by atoms with Crippen molar-refractivity contribution in [3.63, 3.8) is 0 Å². The van der Waals surface area contributed by atoms with E-state index in [1.807, 2.05) is 0 Å². The molecule has 0 saturated carbocycles. The maximum atomic E-state index is 15.4.